The zero-order chi connectivity index (χ0) is 21.2. The second kappa shape index (κ2) is 8.16. The molecule has 0 radical (unpaired) electrons. The van der Waals surface area contributed by atoms with Crippen LogP contribution in [0.5, 0.6) is 0 Å². The second-order valence-corrected chi connectivity index (χ2v) is 8.90. The van der Waals surface area contributed by atoms with Crippen LogP contribution >= 0.6 is 0 Å². The zero-order valence-corrected chi connectivity index (χ0v) is 16.6. The summed E-state index contributed by atoms with van der Waals surface area (Å²) in [4.78, 5) is 12.9. The molecule has 0 bridgehead atoms. The molecule has 1 amide bonds. The SMILES string of the molecule is Cc1ccc(S(=O)(=O)N2CCCCC2C(=O)Nc2cccc(C(F)(F)F)c2)cc1. The van der Waals surface area contributed by atoms with Crippen LogP contribution in [0.15, 0.2) is 53.4 Å². The molecule has 1 atom stereocenters. The summed E-state index contributed by atoms with van der Waals surface area (Å²) >= 11 is 0. The number of alkyl halides is 3. The summed E-state index contributed by atoms with van der Waals surface area (Å²) < 4.78 is 65.9. The molecule has 2 aromatic rings. The number of nitrogens with one attached hydrogen (secondary N) is 1. The number of hydrogen-bond donors (Lipinski definition) is 1. The van der Waals surface area contributed by atoms with Gasteiger partial charge in [0.15, 0.2) is 0 Å². The van der Waals surface area contributed by atoms with E-state index in [2.05, 4.69) is 5.32 Å². The highest BCUT2D eigenvalue weighted by Crippen LogP contribution is 2.31. The standard InChI is InChI=1S/C20H21F3N2O3S/c1-14-8-10-17(11-9-14)29(27,28)25-12-3-2-7-18(25)19(26)24-16-6-4-5-15(13-16)20(21,22)23/h4-6,8-11,13,18H,2-3,7,12H2,1H3,(H,24,26). The van der Waals surface area contributed by atoms with Gasteiger partial charge in [-0.05, 0) is 50.1 Å². The van der Waals surface area contributed by atoms with E-state index in [1.807, 2.05) is 6.92 Å². The number of amides is 1. The van der Waals surface area contributed by atoms with Crippen LogP contribution in [-0.2, 0) is 21.0 Å². The van der Waals surface area contributed by atoms with Crippen molar-refractivity contribution < 1.29 is 26.4 Å². The molecule has 5 nitrogen and oxygen atoms in total. The molecular weight excluding hydrogens is 405 g/mol. The lowest BCUT2D eigenvalue weighted by Gasteiger charge is -2.33. The molecule has 1 saturated heterocycles. The minimum absolute atomic E-state index is 0.0249. The van der Waals surface area contributed by atoms with Gasteiger partial charge in [0.25, 0.3) is 0 Å². The first kappa shape index (κ1) is 21.3. The Morgan fingerprint density at radius 1 is 1.10 bits per heavy atom. The highest BCUT2D eigenvalue weighted by molar-refractivity contribution is 7.89. The first-order valence-electron chi connectivity index (χ1n) is 9.16. The van der Waals surface area contributed by atoms with Crippen LogP contribution in [0.25, 0.3) is 0 Å². The number of nitrogens with zero attached hydrogens (tertiary/aromatic N) is 1. The van der Waals surface area contributed by atoms with Crippen molar-refractivity contribution in [3.05, 3.63) is 59.7 Å². The third-order valence-corrected chi connectivity index (χ3v) is 6.76. The largest absolute Gasteiger partial charge is 0.416 e. The molecule has 0 aromatic heterocycles. The highest BCUT2D eigenvalue weighted by Gasteiger charge is 2.38. The minimum atomic E-state index is -4.54. The number of halogens is 3. The van der Waals surface area contributed by atoms with Crippen LogP contribution in [0.3, 0.4) is 0 Å². The van der Waals surface area contributed by atoms with Crippen LogP contribution in [0.1, 0.15) is 30.4 Å². The van der Waals surface area contributed by atoms with Crippen LogP contribution in [0.2, 0.25) is 0 Å². The van der Waals surface area contributed by atoms with Gasteiger partial charge < -0.3 is 5.32 Å². The van der Waals surface area contributed by atoms with Crippen molar-refractivity contribution in [2.24, 2.45) is 0 Å². The van der Waals surface area contributed by atoms with Gasteiger partial charge in [-0.3, -0.25) is 4.79 Å². The molecule has 2 aromatic carbocycles. The fourth-order valence-electron chi connectivity index (χ4n) is 3.30. The Labute approximate surface area is 167 Å². The van der Waals surface area contributed by atoms with E-state index in [0.717, 1.165) is 22.0 Å². The van der Waals surface area contributed by atoms with Gasteiger partial charge in [-0.15, -0.1) is 0 Å². The first-order valence-corrected chi connectivity index (χ1v) is 10.6. The van der Waals surface area contributed by atoms with Crippen LogP contribution in [0, 0.1) is 6.92 Å². The fourth-order valence-corrected chi connectivity index (χ4v) is 4.96. The van der Waals surface area contributed by atoms with Crippen LogP contribution < -0.4 is 5.32 Å². The molecule has 1 aliphatic rings. The molecule has 0 spiro atoms. The first-order chi connectivity index (χ1) is 13.6. The minimum Gasteiger partial charge on any atom is -0.325 e. The Bertz CT molecular complexity index is 989. The maximum atomic E-state index is 13.0. The molecule has 1 unspecified atom stereocenters. The van der Waals surface area contributed by atoms with Gasteiger partial charge in [-0.2, -0.15) is 17.5 Å². The molecule has 9 heteroatoms. The highest BCUT2D eigenvalue weighted by atomic mass is 32.2. The molecule has 1 fully saturated rings. The third-order valence-electron chi connectivity index (χ3n) is 4.84. The molecular formula is C20H21F3N2O3S. The summed E-state index contributed by atoms with van der Waals surface area (Å²) in [5, 5.41) is 2.44. The van der Waals surface area contributed by atoms with Gasteiger partial charge in [0, 0.05) is 12.2 Å². The van der Waals surface area contributed by atoms with Crippen molar-refractivity contribution >= 4 is 21.6 Å². The van der Waals surface area contributed by atoms with Gasteiger partial charge in [-0.25, -0.2) is 8.42 Å². The lowest BCUT2D eigenvalue weighted by atomic mass is 10.0. The van der Waals surface area contributed by atoms with Crippen molar-refractivity contribution in [1.29, 1.82) is 0 Å². The number of hydrogen-bond acceptors (Lipinski definition) is 3. The van der Waals surface area contributed by atoms with Gasteiger partial charge in [0.05, 0.1) is 10.5 Å². The van der Waals surface area contributed by atoms with Gasteiger partial charge >= 0.3 is 6.18 Å². The molecule has 1 N–H and O–H groups in total. The fraction of sp³-hybridized carbons (Fsp3) is 0.350. The smallest absolute Gasteiger partial charge is 0.325 e. The van der Waals surface area contributed by atoms with Crippen molar-refractivity contribution in [3.63, 3.8) is 0 Å². The predicted octanol–water partition coefficient (Wildman–Crippen LogP) is 4.20. The quantitative estimate of drug-likeness (QED) is 0.797. The number of carbonyl (C=O) groups is 1. The molecule has 156 valence electrons. The molecule has 29 heavy (non-hydrogen) atoms. The van der Waals surface area contributed by atoms with E-state index in [1.165, 1.54) is 24.3 Å². The third kappa shape index (κ3) is 4.79. The number of piperidine rings is 1. The summed E-state index contributed by atoms with van der Waals surface area (Å²) in [5.74, 6) is -0.639. The van der Waals surface area contributed by atoms with Gasteiger partial charge in [0.1, 0.15) is 6.04 Å². The van der Waals surface area contributed by atoms with E-state index in [9.17, 15) is 26.4 Å². The lowest BCUT2D eigenvalue weighted by Crippen LogP contribution is -2.49. The number of aryl methyl sites for hydroxylation is 1. The maximum absolute atomic E-state index is 13.0. The van der Waals surface area contributed by atoms with E-state index in [-0.39, 0.29) is 17.1 Å². The van der Waals surface area contributed by atoms with E-state index in [0.29, 0.717) is 19.3 Å². The number of anilines is 1. The maximum Gasteiger partial charge on any atom is 0.416 e. The lowest BCUT2D eigenvalue weighted by molar-refractivity contribution is -0.137. The number of carbonyl (C=O) groups excluding carboxylic acids is 1. The average Bonchev–Trinajstić information content (AvgIpc) is 2.68. The number of rotatable bonds is 4. The Morgan fingerprint density at radius 2 is 1.79 bits per heavy atom. The topological polar surface area (TPSA) is 66.5 Å². The number of benzene rings is 2. The van der Waals surface area contributed by atoms with Crippen molar-refractivity contribution in [2.75, 3.05) is 11.9 Å². The Morgan fingerprint density at radius 3 is 2.45 bits per heavy atom. The van der Waals surface area contributed by atoms with Crippen molar-refractivity contribution in [3.8, 4) is 0 Å². The summed E-state index contributed by atoms with van der Waals surface area (Å²) in [7, 11) is -3.90. The monoisotopic (exact) mass is 426 g/mol. The van der Waals surface area contributed by atoms with Crippen molar-refractivity contribution in [1.82, 2.24) is 4.31 Å². The van der Waals surface area contributed by atoms with E-state index < -0.39 is 33.7 Å². The molecule has 0 saturated carbocycles. The summed E-state index contributed by atoms with van der Waals surface area (Å²) in [5.41, 5.74) is -0.00686. The Balaban J connectivity index is 1.84. The summed E-state index contributed by atoms with van der Waals surface area (Å²) in [6.45, 7) is 2.01. The summed E-state index contributed by atoms with van der Waals surface area (Å²) in [6.07, 6.45) is -2.97. The van der Waals surface area contributed by atoms with Gasteiger partial charge in [0.2, 0.25) is 15.9 Å². The Kier molecular flexibility index (Phi) is 6.00. The predicted molar refractivity (Wildman–Crippen MR) is 103 cm³/mol. The van der Waals surface area contributed by atoms with Crippen molar-refractivity contribution in [2.45, 2.75) is 43.3 Å². The van der Waals surface area contributed by atoms with Gasteiger partial charge in [-0.1, -0.05) is 30.2 Å². The van der Waals surface area contributed by atoms with E-state index >= 15 is 0 Å². The Hall–Kier alpha value is -2.39. The van der Waals surface area contributed by atoms with E-state index in [4.69, 9.17) is 0 Å². The normalized spacial score (nSPS) is 18.4. The zero-order valence-electron chi connectivity index (χ0n) is 15.7. The molecule has 0 aliphatic carbocycles. The molecule has 1 aliphatic heterocycles. The van der Waals surface area contributed by atoms with Crippen LogP contribution in [0.4, 0.5) is 18.9 Å². The molecule has 3 rings (SSSR count). The average molecular weight is 426 g/mol. The second-order valence-electron chi connectivity index (χ2n) is 7.01. The number of sulfonamides is 1. The molecule has 1 heterocycles. The van der Waals surface area contributed by atoms with E-state index in [1.54, 1.807) is 12.1 Å². The summed E-state index contributed by atoms with van der Waals surface area (Å²) in [6, 6.07) is 9.62. The van der Waals surface area contributed by atoms with Crippen LogP contribution in [-0.4, -0.2) is 31.2 Å².